The largest absolute Gasteiger partial charge is 0.393 e. The zero-order valence-corrected chi connectivity index (χ0v) is 11.6. The first-order chi connectivity index (χ1) is 6.88. The highest BCUT2D eigenvalue weighted by Crippen LogP contribution is 2.16. The van der Waals surface area contributed by atoms with Gasteiger partial charge in [0.15, 0.2) is 0 Å². The van der Waals surface area contributed by atoms with Crippen LogP contribution < -0.4 is 5.73 Å². The molecule has 0 aliphatic heterocycles. The van der Waals surface area contributed by atoms with Crippen LogP contribution in [-0.2, 0) is 0 Å². The molecular weight excluding hydrogens is 204 g/mol. The molecule has 0 aromatic rings. The molecule has 2 nitrogen and oxygen atoms in total. The first-order valence-corrected chi connectivity index (χ1v) is 6.29. The van der Waals surface area contributed by atoms with Crippen LogP contribution in [0.1, 0.15) is 47.0 Å². The molecule has 15 heavy (non-hydrogen) atoms. The highest BCUT2D eigenvalue weighted by Gasteiger charge is 2.19. The highest BCUT2D eigenvalue weighted by molar-refractivity contribution is 7.80. The number of hydrogen-bond donors (Lipinski definition) is 1. The summed E-state index contributed by atoms with van der Waals surface area (Å²) in [5, 5.41) is 0. The van der Waals surface area contributed by atoms with E-state index in [2.05, 4.69) is 39.6 Å². The Bertz CT molecular complexity index is 192. The van der Waals surface area contributed by atoms with Gasteiger partial charge in [0.25, 0.3) is 0 Å². The number of thiocarbonyl (C=S) groups is 1. The zero-order chi connectivity index (χ0) is 12.0. The minimum absolute atomic E-state index is 0.497. The molecule has 0 fully saturated rings. The lowest BCUT2D eigenvalue weighted by Crippen LogP contribution is -2.40. The fraction of sp³-hybridized carbons (Fsp3) is 0.917. The molecular formula is C12H26N2S. The third kappa shape index (κ3) is 6.10. The lowest BCUT2D eigenvalue weighted by atomic mass is 10.0. The summed E-state index contributed by atoms with van der Waals surface area (Å²) in [7, 11) is 2.18. The van der Waals surface area contributed by atoms with E-state index in [-0.39, 0.29) is 0 Å². The van der Waals surface area contributed by atoms with Crippen molar-refractivity contribution in [2.75, 3.05) is 7.05 Å². The molecule has 2 unspecified atom stereocenters. The second kappa shape index (κ2) is 7.18. The van der Waals surface area contributed by atoms with E-state index >= 15 is 0 Å². The minimum atomic E-state index is 0.497. The van der Waals surface area contributed by atoms with E-state index in [1.165, 1.54) is 6.42 Å². The van der Waals surface area contributed by atoms with Gasteiger partial charge in [0.05, 0.1) is 4.99 Å². The molecule has 0 saturated carbocycles. The molecule has 0 heterocycles. The van der Waals surface area contributed by atoms with Crippen LogP contribution in [-0.4, -0.2) is 29.0 Å². The van der Waals surface area contributed by atoms with Crippen molar-refractivity contribution in [1.82, 2.24) is 4.90 Å². The van der Waals surface area contributed by atoms with Gasteiger partial charge in [-0.05, 0) is 32.7 Å². The number of nitrogens with two attached hydrogens (primary N) is 1. The van der Waals surface area contributed by atoms with E-state index in [0.29, 0.717) is 17.1 Å². The van der Waals surface area contributed by atoms with E-state index in [1.807, 2.05) is 0 Å². The average Bonchev–Trinajstić information content (AvgIpc) is 2.11. The van der Waals surface area contributed by atoms with E-state index in [1.54, 1.807) is 0 Å². The summed E-state index contributed by atoms with van der Waals surface area (Å²) in [6.07, 6.45) is 3.17. The van der Waals surface area contributed by atoms with Crippen molar-refractivity contribution in [2.45, 2.75) is 59.0 Å². The van der Waals surface area contributed by atoms with Gasteiger partial charge >= 0.3 is 0 Å². The molecule has 0 amide bonds. The second-order valence-electron chi connectivity index (χ2n) is 4.88. The van der Waals surface area contributed by atoms with Crippen molar-refractivity contribution in [2.24, 2.45) is 11.7 Å². The van der Waals surface area contributed by atoms with Crippen molar-refractivity contribution in [1.29, 1.82) is 0 Å². The van der Waals surface area contributed by atoms with Crippen LogP contribution in [0.15, 0.2) is 0 Å². The standard InChI is InChI=1S/C12H26N2S/c1-6-11(8-12(13)15)14(5)10(4)7-9(2)3/h9-11H,6-8H2,1-5H3,(H2,13,15). The minimum Gasteiger partial charge on any atom is -0.393 e. The maximum absolute atomic E-state index is 5.61. The van der Waals surface area contributed by atoms with Gasteiger partial charge in [-0.25, -0.2) is 0 Å². The summed E-state index contributed by atoms with van der Waals surface area (Å²) in [5.41, 5.74) is 5.61. The molecule has 3 heteroatoms. The topological polar surface area (TPSA) is 29.3 Å². The van der Waals surface area contributed by atoms with Crippen molar-refractivity contribution >= 4 is 17.2 Å². The molecule has 0 aliphatic rings. The van der Waals surface area contributed by atoms with Crippen LogP contribution in [0.5, 0.6) is 0 Å². The maximum atomic E-state index is 5.61. The van der Waals surface area contributed by atoms with Gasteiger partial charge in [0.2, 0.25) is 0 Å². The molecule has 0 rings (SSSR count). The van der Waals surface area contributed by atoms with E-state index in [0.717, 1.165) is 18.8 Å². The van der Waals surface area contributed by atoms with Gasteiger partial charge in [0.1, 0.15) is 0 Å². The summed E-state index contributed by atoms with van der Waals surface area (Å²) >= 11 is 4.98. The molecule has 0 aliphatic carbocycles. The van der Waals surface area contributed by atoms with Crippen molar-refractivity contribution in [3.8, 4) is 0 Å². The third-order valence-corrected chi connectivity index (χ3v) is 3.16. The smallest absolute Gasteiger partial charge is 0.0743 e. The van der Waals surface area contributed by atoms with Crippen LogP contribution in [0, 0.1) is 5.92 Å². The molecule has 2 N–H and O–H groups in total. The third-order valence-electron chi connectivity index (χ3n) is 2.99. The molecule has 0 spiro atoms. The Hall–Kier alpha value is -0.150. The van der Waals surface area contributed by atoms with Crippen LogP contribution in [0.2, 0.25) is 0 Å². The fourth-order valence-electron chi connectivity index (χ4n) is 2.02. The summed E-state index contributed by atoms with van der Waals surface area (Å²) in [6, 6.07) is 1.10. The van der Waals surface area contributed by atoms with Crippen molar-refractivity contribution < 1.29 is 0 Å². The monoisotopic (exact) mass is 230 g/mol. The normalized spacial score (nSPS) is 15.7. The lowest BCUT2D eigenvalue weighted by Gasteiger charge is -2.33. The predicted molar refractivity (Wildman–Crippen MR) is 72.2 cm³/mol. The van der Waals surface area contributed by atoms with Crippen LogP contribution >= 0.6 is 12.2 Å². The van der Waals surface area contributed by atoms with Crippen LogP contribution in [0.3, 0.4) is 0 Å². The van der Waals surface area contributed by atoms with E-state index in [9.17, 15) is 0 Å². The molecule has 0 radical (unpaired) electrons. The van der Waals surface area contributed by atoms with Crippen molar-refractivity contribution in [3.63, 3.8) is 0 Å². The Labute approximate surface area is 100 Å². The zero-order valence-electron chi connectivity index (χ0n) is 10.8. The van der Waals surface area contributed by atoms with Crippen molar-refractivity contribution in [3.05, 3.63) is 0 Å². The average molecular weight is 230 g/mol. The predicted octanol–water partition coefficient (Wildman–Crippen LogP) is 2.81. The second-order valence-corrected chi connectivity index (χ2v) is 5.40. The van der Waals surface area contributed by atoms with Gasteiger partial charge < -0.3 is 10.6 Å². The van der Waals surface area contributed by atoms with Gasteiger partial charge in [0, 0.05) is 18.5 Å². The first kappa shape index (κ1) is 14.8. The summed E-state index contributed by atoms with van der Waals surface area (Å²) in [5.74, 6) is 0.741. The Morgan fingerprint density at radius 1 is 1.33 bits per heavy atom. The number of hydrogen-bond acceptors (Lipinski definition) is 2. The summed E-state index contributed by atoms with van der Waals surface area (Å²) in [4.78, 5) is 3.05. The Balaban J connectivity index is 4.23. The molecule has 0 aromatic carbocycles. The van der Waals surface area contributed by atoms with Crippen LogP contribution in [0.25, 0.3) is 0 Å². The SMILES string of the molecule is CCC(CC(N)=S)N(C)C(C)CC(C)C. The van der Waals surface area contributed by atoms with Crippen LogP contribution in [0.4, 0.5) is 0 Å². The Kier molecular flexibility index (Phi) is 7.11. The molecule has 0 aromatic heterocycles. The van der Waals surface area contributed by atoms with Gasteiger partial charge in [-0.15, -0.1) is 0 Å². The molecule has 0 saturated heterocycles. The number of nitrogens with zero attached hydrogens (tertiary/aromatic N) is 1. The quantitative estimate of drug-likeness (QED) is 0.682. The Morgan fingerprint density at radius 3 is 2.20 bits per heavy atom. The summed E-state index contributed by atoms with van der Waals surface area (Å²) < 4.78 is 0. The van der Waals surface area contributed by atoms with E-state index < -0.39 is 0 Å². The first-order valence-electron chi connectivity index (χ1n) is 5.88. The van der Waals surface area contributed by atoms with Gasteiger partial charge in [-0.2, -0.15) is 0 Å². The number of rotatable bonds is 7. The molecule has 2 atom stereocenters. The molecule has 0 bridgehead atoms. The highest BCUT2D eigenvalue weighted by atomic mass is 32.1. The maximum Gasteiger partial charge on any atom is 0.0743 e. The molecule has 90 valence electrons. The fourth-order valence-corrected chi connectivity index (χ4v) is 2.21. The van der Waals surface area contributed by atoms with E-state index in [4.69, 9.17) is 18.0 Å². The van der Waals surface area contributed by atoms with Gasteiger partial charge in [-0.1, -0.05) is 33.0 Å². The van der Waals surface area contributed by atoms with Gasteiger partial charge in [-0.3, -0.25) is 0 Å². The summed E-state index contributed by atoms with van der Waals surface area (Å²) in [6.45, 7) is 9.00. The lowest BCUT2D eigenvalue weighted by molar-refractivity contribution is 0.164. The Morgan fingerprint density at radius 2 is 1.87 bits per heavy atom.